The maximum absolute atomic E-state index is 13.3. The van der Waals surface area contributed by atoms with Crippen molar-refractivity contribution in [2.45, 2.75) is 103 Å². The third-order valence-corrected chi connectivity index (χ3v) is 5.55. The molecule has 0 aromatic carbocycles. The molecule has 0 spiro atoms. The Balaban J connectivity index is 1.88. The molecule has 1 saturated carbocycles. The second-order valence-electron chi connectivity index (χ2n) is 9.37. The van der Waals surface area contributed by atoms with Gasteiger partial charge in [-0.3, -0.25) is 4.79 Å². The molecule has 2 aliphatic heterocycles. The van der Waals surface area contributed by atoms with Gasteiger partial charge < -0.3 is 23.8 Å². The summed E-state index contributed by atoms with van der Waals surface area (Å²) in [5.41, 5.74) is -1.13. The Morgan fingerprint density at radius 1 is 1.07 bits per heavy atom. The van der Waals surface area contributed by atoms with E-state index in [1.165, 1.54) is 0 Å². The van der Waals surface area contributed by atoms with E-state index in [1.54, 1.807) is 6.34 Å². The summed E-state index contributed by atoms with van der Waals surface area (Å²) in [5.74, 6) is -1.82. The van der Waals surface area contributed by atoms with E-state index < -0.39 is 23.3 Å². The number of rotatable bonds is 4. The molecular formula is C20H34N2O5. The predicted octanol–water partition coefficient (Wildman–Crippen LogP) is 2.72. The number of ether oxygens (including phenoxy) is 4. The molecule has 2 saturated heterocycles. The number of aliphatic imine (C=N–C) groups is 1. The van der Waals surface area contributed by atoms with E-state index in [-0.39, 0.29) is 30.0 Å². The summed E-state index contributed by atoms with van der Waals surface area (Å²) in [4.78, 5) is 19.6. The van der Waals surface area contributed by atoms with Crippen molar-refractivity contribution in [2.75, 3.05) is 6.61 Å². The fourth-order valence-corrected chi connectivity index (χ4v) is 4.49. The summed E-state index contributed by atoms with van der Waals surface area (Å²) >= 11 is 0. The molecule has 2 heterocycles. The average molecular weight is 383 g/mol. The van der Waals surface area contributed by atoms with E-state index in [0.717, 1.165) is 0 Å². The van der Waals surface area contributed by atoms with Crippen LogP contribution in [0.1, 0.15) is 61.8 Å². The quantitative estimate of drug-likeness (QED) is 0.550. The summed E-state index contributed by atoms with van der Waals surface area (Å²) in [7, 11) is 0. The van der Waals surface area contributed by atoms with Crippen LogP contribution in [0.15, 0.2) is 4.99 Å². The van der Waals surface area contributed by atoms with Crippen LogP contribution in [0.3, 0.4) is 0 Å². The molecule has 3 aliphatic rings. The lowest BCUT2D eigenvalue weighted by Crippen LogP contribution is -2.50. The van der Waals surface area contributed by atoms with Crippen LogP contribution in [0.4, 0.5) is 0 Å². The molecule has 3 rings (SSSR count). The van der Waals surface area contributed by atoms with Crippen molar-refractivity contribution in [1.29, 1.82) is 0 Å². The van der Waals surface area contributed by atoms with E-state index in [1.807, 2.05) is 27.7 Å². The molecule has 1 amide bonds. The highest BCUT2D eigenvalue weighted by atomic mass is 16.8. The van der Waals surface area contributed by atoms with Crippen molar-refractivity contribution in [3.05, 3.63) is 0 Å². The van der Waals surface area contributed by atoms with Crippen molar-refractivity contribution in [3.63, 3.8) is 0 Å². The topological polar surface area (TPSA) is 69.6 Å². The second-order valence-corrected chi connectivity index (χ2v) is 9.37. The zero-order chi connectivity index (χ0) is 20.2. The largest absolute Gasteiger partial charge is 0.358 e. The summed E-state index contributed by atoms with van der Waals surface area (Å²) in [6.45, 7) is 16.3. The molecule has 0 aromatic heterocycles. The zero-order valence-electron chi connectivity index (χ0n) is 17.8. The van der Waals surface area contributed by atoms with Crippen LogP contribution >= 0.6 is 0 Å². The van der Waals surface area contributed by atoms with Gasteiger partial charge in [-0.1, -0.05) is 0 Å². The third kappa shape index (κ3) is 3.79. The van der Waals surface area contributed by atoms with Crippen LogP contribution in [0, 0.1) is 5.92 Å². The van der Waals surface area contributed by atoms with Crippen molar-refractivity contribution >= 4 is 12.2 Å². The van der Waals surface area contributed by atoms with E-state index in [4.69, 9.17) is 18.9 Å². The first-order chi connectivity index (χ1) is 12.4. The van der Waals surface area contributed by atoms with E-state index in [0.29, 0.717) is 13.0 Å². The Bertz CT molecular complexity index is 607. The maximum atomic E-state index is 13.3. The number of hydrogen-bond acceptors (Lipinski definition) is 5. The molecule has 0 aromatic rings. The first-order valence-electron chi connectivity index (χ1n) is 9.93. The van der Waals surface area contributed by atoms with E-state index in [9.17, 15) is 4.79 Å². The standard InChI is InChI=1S/C20H34N2O5/c1-12(2)22(13(3)4)11-21-17(23)20-9-14-10-24-18(5,6)25-15(14)16(20)26-19(7,8)27-20/h11-16H,9-10H2,1-8H3/t14-,15+,16-,20+/m0/s1. The Hall–Kier alpha value is -1.02. The summed E-state index contributed by atoms with van der Waals surface area (Å²) in [5, 5.41) is 0. The lowest BCUT2D eigenvalue weighted by Gasteiger charge is -2.39. The summed E-state index contributed by atoms with van der Waals surface area (Å²) in [6.07, 6.45) is 1.39. The highest BCUT2D eigenvalue weighted by molar-refractivity contribution is 5.92. The van der Waals surface area contributed by atoms with Crippen molar-refractivity contribution in [2.24, 2.45) is 10.9 Å². The molecule has 7 heteroatoms. The molecule has 7 nitrogen and oxygen atoms in total. The first-order valence-corrected chi connectivity index (χ1v) is 9.93. The molecule has 0 N–H and O–H groups in total. The minimum Gasteiger partial charge on any atom is -0.358 e. The third-order valence-electron chi connectivity index (χ3n) is 5.55. The monoisotopic (exact) mass is 382 g/mol. The number of nitrogens with zero attached hydrogens (tertiary/aromatic N) is 2. The Labute approximate surface area is 162 Å². The highest BCUT2D eigenvalue weighted by Gasteiger charge is 2.69. The van der Waals surface area contributed by atoms with Gasteiger partial charge in [-0.05, 0) is 61.8 Å². The van der Waals surface area contributed by atoms with Gasteiger partial charge in [0.15, 0.2) is 17.2 Å². The van der Waals surface area contributed by atoms with Crippen LogP contribution in [0.25, 0.3) is 0 Å². The molecule has 4 atom stereocenters. The van der Waals surface area contributed by atoms with Crippen molar-refractivity contribution < 1.29 is 23.7 Å². The molecule has 0 bridgehead atoms. The van der Waals surface area contributed by atoms with Crippen LogP contribution in [-0.2, 0) is 23.7 Å². The summed E-state index contributed by atoms with van der Waals surface area (Å²) in [6, 6.07) is 0.492. The maximum Gasteiger partial charge on any atom is 0.282 e. The minimum atomic E-state index is -1.13. The van der Waals surface area contributed by atoms with Gasteiger partial charge in [-0.25, -0.2) is 4.99 Å². The van der Waals surface area contributed by atoms with Crippen molar-refractivity contribution in [1.82, 2.24) is 4.90 Å². The molecule has 1 aliphatic carbocycles. The second kappa shape index (κ2) is 6.79. The normalized spacial score (nSPS) is 37.0. The fraction of sp³-hybridized carbons (Fsp3) is 0.900. The van der Waals surface area contributed by atoms with Gasteiger partial charge in [0.1, 0.15) is 6.10 Å². The van der Waals surface area contributed by atoms with Crippen molar-refractivity contribution in [3.8, 4) is 0 Å². The number of carbonyl (C=O) groups is 1. The molecule has 0 radical (unpaired) electrons. The van der Waals surface area contributed by atoms with Gasteiger partial charge in [0, 0.05) is 18.0 Å². The average Bonchev–Trinajstić information content (AvgIpc) is 2.94. The van der Waals surface area contributed by atoms with Crippen LogP contribution in [0.5, 0.6) is 0 Å². The predicted molar refractivity (Wildman–Crippen MR) is 101 cm³/mol. The van der Waals surface area contributed by atoms with Gasteiger partial charge in [-0.2, -0.15) is 0 Å². The SMILES string of the molecule is CC(C)N(C=NC(=O)[C@@]12C[C@H]3COC(C)(C)O[C@H]3[C@@H]1OC(C)(C)O2)C(C)C. The van der Waals surface area contributed by atoms with Gasteiger partial charge in [0.25, 0.3) is 5.91 Å². The lowest BCUT2D eigenvalue weighted by molar-refractivity contribution is -0.306. The molecule has 27 heavy (non-hydrogen) atoms. The zero-order valence-corrected chi connectivity index (χ0v) is 17.8. The first kappa shape index (κ1) is 20.7. The van der Waals surface area contributed by atoms with Crippen LogP contribution in [-0.4, -0.2) is 65.2 Å². The van der Waals surface area contributed by atoms with Gasteiger partial charge in [-0.15, -0.1) is 0 Å². The number of carbonyl (C=O) groups excluding carboxylic acids is 1. The number of fused-ring (bicyclic) bond motifs is 3. The fourth-order valence-electron chi connectivity index (χ4n) is 4.49. The highest BCUT2D eigenvalue weighted by Crippen LogP contribution is 2.53. The lowest BCUT2D eigenvalue weighted by atomic mass is 9.98. The molecular weight excluding hydrogens is 348 g/mol. The smallest absolute Gasteiger partial charge is 0.282 e. The van der Waals surface area contributed by atoms with Gasteiger partial charge >= 0.3 is 0 Å². The molecule has 154 valence electrons. The number of amides is 1. The van der Waals surface area contributed by atoms with E-state index >= 15 is 0 Å². The van der Waals surface area contributed by atoms with Crippen LogP contribution in [0.2, 0.25) is 0 Å². The van der Waals surface area contributed by atoms with Crippen LogP contribution < -0.4 is 0 Å². The summed E-state index contributed by atoms with van der Waals surface area (Å²) < 4.78 is 24.3. The Morgan fingerprint density at radius 2 is 1.70 bits per heavy atom. The van der Waals surface area contributed by atoms with E-state index in [2.05, 4.69) is 37.6 Å². The molecule has 3 fully saturated rings. The number of hydrogen-bond donors (Lipinski definition) is 0. The van der Waals surface area contributed by atoms with Gasteiger partial charge in [0.05, 0.1) is 19.0 Å². The molecule has 0 unspecified atom stereocenters. The minimum absolute atomic E-state index is 0.0459. The Morgan fingerprint density at radius 3 is 2.30 bits per heavy atom. The van der Waals surface area contributed by atoms with Gasteiger partial charge in [0.2, 0.25) is 0 Å². The Kier molecular flexibility index (Phi) is 5.21.